The molecule has 0 saturated carbocycles. The van der Waals surface area contributed by atoms with Gasteiger partial charge >= 0.3 is 5.97 Å². The number of amides is 1. The lowest BCUT2D eigenvalue weighted by Crippen LogP contribution is -2.30. The molecule has 0 bridgehead atoms. The molecular weight excluding hydrogens is 599 g/mol. The number of rotatable bonds is 11. The largest absolute Gasteiger partial charge is 0.493 e. The highest BCUT2D eigenvalue weighted by molar-refractivity contribution is 7.89. The third-order valence-corrected chi connectivity index (χ3v) is 9.06. The van der Waals surface area contributed by atoms with E-state index in [-0.39, 0.29) is 18.0 Å². The number of carbonyl (C=O) groups excluding carboxylic acids is 2. The summed E-state index contributed by atoms with van der Waals surface area (Å²) >= 11 is 0. The summed E-state index contributed by atoms with van der Waals surface area (Å²) in [5.74, 6) is -1.27. The number of esters is 1. The first-order valence-corrected chi connectivity index (χ1v) is 15.4. The highest BCUT2D eigenvalue weighted by Gasteiger charge is 2.28. The summed E-state index contributed by atoms with van der Waals surface area (Å²) in [6, 6.07) is 18.3. The molecular formula is C34H35FN2O7S. The predicted molar refractivity (Wildman–Crippen MR) is 169 cm³/mol. The summed E-state index contributed by atoms with van der Waals surface area (Å²) in [6.07, 6.45) is 0. The van der Waals surface area contributed by atoms with Crippen molar-refractivity contribution in [1.29, 1.82) is 0 Å². The number of anilines is 1. The maximum absolute atomic E-state index is 15.0. The van der Waals surface area contributed by atoms with E-state index in [4.69, 9.17) is 14.2 Å². The first-order chi connectivity index (χ1) is 21.4. The highest BCUT2D eigenvalue weighted by atomic mass is 32.2. The standard InChI is InChI=1S/C34H35FN2O7S/c1-21-15-22(2)32(23(3)16-21)36-33(38)28-18-27(12-13-29(28)35)45(40,41)37(19-24-7-10-26(11-8-24)34(39)44-6)20-25-9-14-30(42-4)31(17-25)43-5/h7-18H,19-20H2,1-6H3,(H,36,38). The molecule has 1 amide bonds. The van der Waals surface area contributed by atoms with Crippen LogP contribution in [0.3, 0.4) is 0 Å². The summed E-state index contributed by atoms with van der Waals surface area (Å²) in [5.41, 5.74) is 4.20. The fourth-order valence-electron chi connectivity index (χ4n) is 5.02. The molecule has 0 radical (unpaired) electrons. The fourth-order valence-corrected chi connectivity index (χ4v) is 6.47. The Balaban J connectivity index is 1.73. The van der Waals surface area contributed by atoms with Gasteiger partial charge in [0.05, 0.1) is 37.4 Å². The third-order valence-electron chi connectivity index (χ3n) is 7.28. The maximum Gasteiger partial charge on any atom is 0.337 e. The molecule has 11 heteroatoms. The quantitative estimate of drug-likeness (QED) is 0.196. The molecule has 0 fully saturated rings. The predicted octanol–water partition coefficient (Wildman–Crippen LogP) is 6.20. The Morgan fingerprint density at radius 1 is 0.778 bits per heavy atom. The zero-order valence-corrected chi connectivity index (χ0v) is 26.8. The molecule has 4 aromatic carbocycles. The number of sulfonamides is 1. The van der Waals surface area contributed by atoms with Gasteiger partial charge in [-0.05, 0) is 85.5 Å². The summed E-state index contributed by atoms with van der Waals surface area (Å²) in [6.45, 7) is 5.40. The molecule has 0 unspecified atom stereocenters. The molecule has 0 spiro atoms. The number of benzene rings is 4. The number of methoxy groups -OCH3 is 3. The number of hydrogen-bond donors (Lipinski definition) is 1. The maximum atomic E-state index is 15.0. The number of carbonyl (C=O) groups is 2. The van der Waals surface area contributed by atoms with Gasteiger partial charge < -0.3 is 19.5 Å². The number of nitrogens with zero attached hydrogens (tertiary/aromatic N) is 1. The van der Waals surface area contributed by atoms with Gasteiger partial charge in [0, 0.05) is 18.8 Å². The zero-order chi connectivity index (χ0) is 32.9. The van der Waals surface area contributed by atoms with Crippen molar-refractivity contribution in [3.8, 4) is 11.5 Å². The molecule has 4 rings (SSSR count). The summed E-state index contributed by atoms with van der Waals surface area (Å²) in [4.78, 5) is 24.9. The molecule has 0 aliphatic rings. The molecule has 0 aliphatic carbocycles. The van der Waals surface area contributed by atoms with Gasteiger partial charge in [0.1, 0.15) is 5.82 Å². The Kier molecular flexibility index (Phi) is 10.3. The molecule has 45 heavy (non-hydrogen) atoms. The molecule has 4 aromatic rings. The topological polar surface area (TPSA) is 111 Å². The van der Waals surface area contributed by atoms with Gasteiger partial charge in [0.25, 0.3) is 5.91 Å². The van der Waals surface area contributed by atoms with E-state index in [9.17, 15) is 18.0 Å². The van der Waals surface area contributed by atoms with Crippen LogP contribution in [0.1, 0.15) is 48.5 Å². The lowest BCUT2D eigenvalue weighted by molar-refractivity contribution is 0.0600. The van der Waals surface area contributed by atoms with Crippen LogP contribution in [-0.4, -0.2) is 45.9 Å². The van der Waals surface area contributed by atoms with Gasteiger partial charge in [-0.1, -0.05) is 35.9 Å². The Morgan fingerprint density at radius 3 is 1.98 bits per heavy atom. The van der Waals surface area contributed by atoms with E-state index in [2.05, 4.69) is 5.32 Å². The molecule has 9 nitrogen and oxygen atoms in total. The summed E-state index contributed by atoms with van der Waals surface area (Å²) in [7, 11) is -0.0647. The van der Waals surface area contributed by atoms with Crippen LogP contribution in [0.5, 0.6) is 11.5 Å². The Bertz CT molecular complexity index is 1820. The van der Waals surface area contributed by atoms with Crippen molar-refractivity contribution in [2.24, 2.45) is 0 Å². The average Bonchev–Trinajstić information content (AvgIpc) is 3.02. The Hall–Kier alpha value is -4.74. The van der Waals surface area contributed by atoms with Crippen molar-refractivity contribution in [2.45, 2.75) is 38.8 Å². The SMILES string of the molecule is COC(=O)c1ccc(CN(Cc2ccc(OC)c(OC)c2)S(=O)(=O)c2ccc(F)c(C(=O)Nc3c(C)cc(C)cc3C)c2)cc1. The van der Waals surface area contributed by atoms with E-state index < -0.39 is 33.3 Å². The summed E-state index contributed by atoms with van der Waals surface area (Å²) < 4.78 is 60.0. The Morgan fingerprint density at radius 2 is 1.38 bits per heavy atom. The van der Waals surface area contributed by atoms with E-state index in [1.807, 2.05) is 32.9 Å². The minimum Gasteiger partial charge on any atom is -0.493 e. The van der Waals surface area contributed by atoms with Crippen LogP contribution in [-0.2, 0) is 27.8 Å². The van der Waals surface area contributed by atoms with Crippen LogP contribution in [0.25, 0.3) is 0 Å². The van der Waals surface area contributed by atoms with Crippen molar-refractivity contribution in [1.82, 2.24) is 4.31 Å². The third kappa shape index (κ3) is 7.50. The monoisotopic (exact) mass is 634 g/mol. The zero-order valence-electron chi connectivity index (χ0n) is 25.9. The van der Waals surface area contributed by atoms with Crippen LogP contribution >= 0.6 is 0 Å². The number of aryl methyl sites for hydroxylation is 3. The van der Waals surface area contributed by atoms with Crippen molar-refractivity contribution >= 4 is 27.6 Å². The van der Waals surface area contributed by atoms with E-state index in [1.165, 1.54) is 37.8 Å². The van der Waals surface area contributed by atoms with Crippen molar-refractivity contribution in [3.05, 3.63) is 118 Å². The van der Waals surface area contributed by atoms with Gasteiger partial charge in [0.15, 0.2) is 11.5 Å². The average molecular weight is 635 g/mol. The van der Waals surface area contributed by atoms with Crippen LogP contribution in [0.2, 0.25) is 0 Å². The van der Waals surface area contributed by atoms with Crippen molar-refractivity contribution in [2.75, 3.05) is 26.6 Å². The number of halogens is 1. The van der Waals surface area contributed by atoms with E-state index in [0.29, 0.717) is 33.9 Å². The Labute approximate surface area is 262 Å². The van der Waals surface area contributed by atoms with E-state index in [0.717, 1.165) is 34.9 Å². The lowest BCUT2D eigenvalue weighted by Gasteiger charge is -2.23. The van der Waals surface area contributed by atoms with E-state index >= 15 is 4.39 Å². The molecule has 1 N–H and O–H groups in total. The smallest absolute Gasteiger partial charge is 0.337 e. The second-order valence-corrected chi connectivity index (χ2v) is 12.5. The number of ether oxygens (including phenoxy) is 3. The van der Waals surface area contributed by atoms with Gasteiger partial charge in [-0.15, -0.1) is 0 Å². The van der Waals surface area contributed by atoms with Gasteiger partial charge in [0.2, 0.25) is 10.0 Å². The van der Waals surface area contributed by atoms with E-state index in [1.54, 1.807) is 30.3 Å². The van der Waals surface area contributed by atoms with Gasteiger partial charge in [-0.25, -0.2) is 17.6 Å². The fraction of sp³-hybridized carbons (Fsp3) is 0.235. The normalized spacial score (nSPS) is 11.3. The van der Waals surface area contributed by atoms with Crippen LogP contribution in [0.15, 0.2) is 77.7 Å². The van der Waals surface area contributed by atoms with Crippen molar-refractivity contribution in [3.63, 3.8) is 0 Å². The van der Waals surface area contributed by atoms with Gasteiger partial charge in [-0.2, -0.15) is 4.31 Å². The first kappa shape index (κ1) is 33.2. The second kappa shape index (κ2) is 13.9. The van der Waals surface area contributed by atoms with Gasteiger partial charge in [-0.3, -0.25) is 4.79 Å². The number of nitrogens with one attached hydrogen (secondary N) is 1. The molecule has 0 aliphatic heterocycles. The summed E-state index contributed by atoms with van der Waals surface area (Å²) in [5, 5.41) is 2.74. The van der Waals surface area contributed by atoms with Crippen LogP contribution in [0.4, 0.5) is 10.1 Å². The minimum absolute atomic E-state index is 0.0951. The lowest BCUT2D eigenvalue weighted by atomic mass is 10.0. The molecule has 0 atom stereocenters. The van der Waals surface area contributed by atoms with Crippen LogP contribution < -0.4 is 14.8 Å². The highest BCUT2D eigenvalue weighted by Crippen LogP contribution is 2.30. The van der Waals surface area contributed by atoms with Crippen molar-refractivity contribution < 1.29 is 36.6 Å². The molecule has 0 aromatic heterocycles. The minimum atomic E-state index is -4.31. The first-order valence-electron chi connectivity index (χ1n) is 13.9. The molecule has 0 heterocycles. The molecule has 236 valence electrons. The molecule has 0 saturated heterocycles. The second-order valence-electron chi connectivity index (χ2n) is 10.5. The number of hydrogen-bond acceptors (Lipinski definition) is 7. The van der Waals surface area contributed by atoms with Crippen LogP contribution in [0, 0.1) is 26.6 Å².